The van der Waals surface area contributed by atoms with Gasteiger partial charge in [-0.05, 0) is 73.2 Å². The quantitative estimate of drug-likeness (QED) is 0.120. The smallest absolute Gasteiger partial charge is 0.230 e. The van der Waals surface area contributed by atoms with Crippen LogP contribution in [0.4, 0.5) is 26.3 Å². The highest BCUT2D eigenvalue weighted by Gasteiger charge is 2.49. The summed E-state index contributed by atoms with van der Waals surface area (Å²) in [7, 11) is 0. The lowest BCUT2D eigenvalue weighted by Crippen LogP contribution is -2.53. The SMILES string of the molecule is C=C/C=C\C=C(/C)c1cc2[n+](cc1C)C(=C)C1C(CCc3c-2cc(C(F)(F)F)cc3C(F)(F)F)c2cccc3c2-c2n(cc[n+]21)CC3. The Morgan fingerprint density at radius 1 is 1.02 bits per heavy atom. The Bertz CT molecular complexity index is 2040. The van der Waals surface area contributed by atoms with Crippen LogP contribution in [0.5, 0.6) is 0 Å². The normalized spacial score (nSPS) is 18.9. The molecule has 4 aromatic rings. The van der Waals surface area contributed by atoms with Gasteiger partial charge in [-0.2, -0.15) is 30.9 Å². The molecule has 47 heavy (non-hydrogen) atoms. The Morgan fingerprint density at radius 3 is 2.53 bits per heavy atom. The molecule has 7 rings (SSSR count). The molecule has 240 valence electrons. The molecule has 3 aliphatic rings. The van der Waals surface area contributed by atoms with Crippen molar-refractivity contribution in [3.05, 3.63) is 131 Å². The van der Waals surface area contributed by atoms with Crippen LogP contribution < -0.4 is 9.13 Å². The van der Waals surface area contributed by atoms with E-state index in [1.165, 1.54) is 5.56 Å². The number of benzene rings is 2. The summed E-state index contributed by atoms with van der Waals surface area (Å²) in [6.07, 6.45) is 3.87. The number of nitrogens with zero attached hydrogens (tertiary/aromatic N) is 3. The first-order chi connectivity index (χ1) is 22.3. The zero-order valence-corrected chi connectivity index (χ0v) is 26.0. The molecule has 0 fully saturated rings. The lowest BCUT2D eigenvalue weighted by molar-refractivity contribution is -0.727. The molecule has 0 saturated carbocycles. The maximum absolute atomic E-state index is 14.8. The zero-order chi connectivity index (χ0) is 33.4. The van der Waals surface area contributed by atoms with Gasteiger partial charge < -0.3 is 0 Å². The van der Waals surface area contributed by atoms with E-state index in [0.717, 1.165) is 47.1 Å². The van der Waals surface area contributed by atoms with Crippen LogP contribution >= 0.6 is 0 Å². The van der Waals surface area contributed by atoms with Crippen LogP contribution in [0, 0.1) is 6.92 Å². The number of hydrogen-bond acceptors (Lipinski definition) is 0. The molecule has 0 aliphatic carbocycles. The number of hydrogen-bond donors (Lipinski definition) is 0. The average molecular weight is 646 g/mol. The highest BCUT2D eigenvalue weighted by Crippen LogP contribution is 2.49. The molecular weight excluding hydrogens is 612 g/mol. The van der Waals surface area contributed by atoms with Crippen LogP contribution in [0.2, 0.25) is 0 Å². The van der Waals surface area contributed by atoms with Gasteiger partial charge in [0.1, 0.15) is 12.4 Å². The van der Waals surface area contributed by atoms with Gasteiger partial charge in [-0.25, -0.2) is 9.13 Å². The van der Waals surface area contributed by atoms with Gasteiger partial charge in [0.25, 0.3) is 5.82 Å². The number of fused-ring (bicyclic) bond motifs is 6. The summed E-state index contributed by atoms with van der Waals surface area (Å²) in [6.45, 7) is 12.8. The monoisotopic (exact) mass is 645 g/mol. The van der Waals surface area contributed by atoms with E-state index in [4.69, 9.17) is 0 Å². The third-order valence-electron chi connectivity index (χ3n) is 9.85. The average Bonchev–Trinajstić information content (AvgIpc) is 3.47. The van der Waals surface area contributed by atoms with Crippen molar-refractivity contribution in [2.45, 2.75) is 64.0 Å². The van der Waals surface area contributed by atoms with E-state index in [9.17, 15) is 26.3 Å². The van der Waals surface area contributed by atoms with Gasteiger partial charge in [-0.1, -0.05) is 49.1 Å². The molecule has 0 bridgehead atoms. The summed E-state index contributed by atoms with van der Waals surface area (Å²) in [6, 6.07) is 8.59. The van der Waals surface area contributed by atoms with Gasteiger partial charge in [0.05, 0.1) is 28.8 Å². The standard InChI is InChI=1S/C38H33F6N3/c1-5-6-7-9-22(2)30-20-33-31-18-26(37(39,40)41)19-32(38(42,43)44)27(31)12-13-29-28-11-8-10-25-14-15-45-16-17-46(36(45)34(25)28)35(29)24(4)47(33)21-23(30)3/h5-11,16-21,29,35H,1,4,12-15H2,2-3H3/q+2/b7-6-,22-9+. The second kappa shape index (κ2) is 11.0. The number of aryl methyl sites for hydroxylation is 3. The highest BCUT2D eigenvalue weighted by atomic mass is 19.4. The fourth-order valence-electron chi connectivity index (χ4n) is 7.76. The lowest BCUT2D eigenvalue weighted by atomic mass is 9.77. The predicted octanol–water partition coefficient (Wildman–Crippen LogP) is 9.20. The minimum absolute atomic E-state index is 0.0723. The fraction of sp³-hybridized carbons (Fsp3) is 0.263. The van der Waals surface area contributed by atoms with Crippen molar-refractivity contribution in [3.63, 3.8) is 0 Å². The van der Waals surface area contributed by atoms with E-state index in [1.807, 2.05) is 44.4 Å². The van der Waals surface area contributed by atoms with Gasteiger partial charge in [-0.15, -0.1) is 0 Å². The minimum atomic E-state index is -5.00. The predicted molar refractivity (Wildman–Crippen MR) is 169 cm³/mol. The van der Waals surface area contributed by atoms with Gasteiger partial charge in [-0.3, -0.25) is 0 Å². The topological polar surface area (TPSA) is 12.7 Å². The largest absolute Gasteiger partial charge is 0.416 e. The number of alkyl halides is 6. The molecule has 3 aliphatic heterocycles. The summed E-state index contributed by atoms with van der Waals surface area (Å²) in [5.74, 6) is 0.740. The summed E-state index contributed by atoms with van der Waals surface area (Å²) in [5.41, 5.74) is 3.58. The first-order valence-electron chi connectivity index (χ1n) is 15.6. The minimum Gasteiger partial charge on any atom is -0.230 e. The van der Waals surface area contributed by atoms with E-state index in [1.54, 1.807) is 35.1 Å². The van der Waals surface area contributed by atoms with Gasteiger partial charge >= 0.3 is 12.4 Å². The fourth-order valence-corrected chi connectivity index (χ4v) is 7.76. The van der Waals surface area contributed by atoms with E-state index in [2.05, 4.69) is 28.4 Å². The second-order valence-electron chi connectivity index (χ2n) is 12.6. The van der Waals surface area contributed by atoms with Gasteiger partial charge in [0.2, 0.25) is 11.4 Å². The Labute approximate surface area is 269 Å². The number of halogens is 6. The van der Waals surface area contributed by atoms with E-state index >= 15 is 0 Å². The maximum atomic E-state index is 14.8. The van der Waals surface area contributed by atoms with Crippen LogP contribution in [-0.2, 0) is 31.7 Å². The number of pyridine rings is 1. The molecule has 0 amide bonds. The second-order valence-corrected chi connectivity index (χ2v) is 12.6. The molecule has 0 spiro atoms. The molecule has 2 atom stereocenters. The molecule has 0 radical (unpaired) electrons. The number of imidazole rings is 1. The molecule has 5 heterocycles. The number of allylic oxidation sites excluding steroid dienone is 6. The first-order valence-corrected chi connectivity index (χ1v) is 15.6. The summed E-state index contributed by atoms with van der Waals surface area (Å²) in [4.78, 5) is 0. The zero-order valence-electron chi connectivity index (χ0n) is 26.0. The highest BCUT2D eigenvalue weighted by molar-refractivity contribution is 5.75. The van der Waals surface area contributed by atoms with Crippen molar-refractivity contribution < 1.29 is 35.5 Å². The van der Waals surface area contributed by atoms with E-state index in [-0.39, 0.29) is 47.7 Å². The van der Waals surface area contributed by atoms with Crippen LogP contribution in [0.15, 0.2) is 92.5 Å². The van der Waals surface area contributed by atoms with E-state index < -0.39 is 23.5 Å². The maximum Gasteiger partial charge on any atom is 0.416 e. The Morgan fingerprint density at radius 2 is 1.81 bits per heavy atom. The molecule has 3 nitrogen and oxygen atoms in total. The van der Waals surface area contributed by atoms with Crippen LogP contribution in [0.25, 0.3) is 33.9 Å². The molecule has 9 heteroatoms. The van der Waals surface area contributed by atoms with Crippen molar-refractivity contribution in [2.24, 2.45) is 0 Å². The molecular formula is C38H33F6N3+2. The van der Waals surface area contributed by atoms with E-state index in [0.29, 0.717) is 11.3 Å². The number of aromatic nitrogens is 3. The summed E-state index contributed by atoms with van der Waals surface area (Å²) >= 11 is 0. The molecule has 2 aromatic heterocycles. The Hall–Kier alpha value is -4.66. The summed E-state index contributed by atoms with van der Waals surface area (Å²) in [5, 5.41) is 0. The lowest BCUT2D eigenvalue weighted by Gasteiger charge is -2.32. The third kappa shape index (κ3) is 4.98. The van der Waals surface area contributed by atoms with Crippen molar-refractivity contribution >= 4 is 11.3 Å². The van der Waals surface area contributed by atoms with Gasteiger partial charge in [0.15, 0.2) is 12.2 Å². The van der Waals surface area contributed by atoms with Crippen LogP contribution in [-0.4, -0.2) is 4.57 Å². The summed E-state index contributed by atoms with van der Waals surface area (Å²) < 4.78 is 93.3. The van der Waals surface area contributed by atoms with Crippen molar-refractivity contribution in [1.82, 2.24) is 4.57 Å². The van der Waals surface area contributed by atoms with Crippen molar-refractivity contribution in [1.29, 1.82) is 0 Å². The number of rotatable bonds is 3. The van der Waals surface area contributed by atoms with Gasteiger partial charge in [0, 0.05) is 24.0 Å². The molecule has 2 unspecified atom stereocenters. The Balaban J connectivity index is 1.56. The Kier molecular flexibility index (Phi) is 7.22. The first kappa shape index (κ1) is 31.0. The van der Waals surface area contributed by atoms with Crippen molar-refractivity contribution in [2.75, 3.05) is 0 Å². The molecule has 0 saturated heterocycles. The van der Waals surface area contributed by atoms with Crippen molar-refractivity contribution in [3.8, 4) is 22.6 Å². The van der Waals surface area contributed by atoms with Crippen LogP contribution in [0.1, 0.15) is 64.2 Å². The molecule has 0 N–H and O–H groups in total. The van der Waals surface area contributed by atoms with Crippen LogP contribution in [0.3, 0.4) is 0 Å². The third-order valence-corrected chi connectivity index (χ3v) is 9.85. The molecule has 2 aromatic carbocycles.